The van der Waals surface area contributed by atoms with Gasteiger partial charge in [-0.25, -0.2) is 4.79 Å². The van der Waals surface area contributed by atoms with Gasteiger partial charge in [0.05, 0.1) is 14.2 Å². The number of methoxy groups -OCH3 is 2. The molecule has 45 heavy (non-hydrogen) atoms. The smallest absolute Gasteiger partial charge is 0.407 e. The van der Waals surface area contributed by atoms with Crippen molar-refractivity contribution in [1.82, 2.24) is 15.1 Å². The zero-order valence-corrected chi connectivity index (χ0v) is 27.3. The zero-order chi connectivity index (χ0) is 32.0. The lowest BCUT2D eigenvalue weighted by Gasteiger charge is -2.44. The molecule has 0 bridgehead atoms. The van der Waals surface area contributed by atoms with Crippen LogP contribution in [0.4, 0.5) is 4.79 Å². The average molecular weight is 614 g/mol. The number of hydrogen-bond acceptors (Lipinski definition) is 6. The van der Waals surface area contributed by atoms with Crippen molar-refractivity contribution >= 4 is 12.0 Å². The van der Waals surface area contributed by atoms with Crippen LogP contribution in [0.3, 0.4) is 0 Å². The molecule has 3 aromatic carbocycles. The molecule has 2 aliphatic rings. The van der Waals surface area contributed by atoms with E-state index in [-0.39, 0.29) is 17.4 Å². The molecule has 3 aromatic rings. The van der Waals surface area contributed by atoms with Gasteiger partial charge in [-0.15, -0.1) is 0 Å². The lowest BCUT2D eigenvalue weighted by molar-refractivity contribution is 0.0473. The molecule has 0 radical (unpaired) electrons. The number of rotatable bonds is 8. The normalized spacial score (nSPS) is 17.4. The van der Waals surface area contributed by atoms with Crippen molar-refractivity contribution in [1.29, 1.82) is 0 Å². The number of piperidine rings is 2. The summed E-state index contributed by atoms with van der Waals surface area (Å²) in [6, 6.07) is 25.1. The van der Waals surface area contributed by atoms with Gasteiger partial charge in [0.25, 0.3) is 5.91 Å². The fraction of sp³-hybridized carbons (Fsp3) is 0.459. The highest BCUT2D eigenvalue weighted by molar-refractivity contribution is 5.94. The van der Waals surface area contributed by atoms with Crippen LogP contribution in [-0.2, 0) is 16.7 Å². The van der Waals surface area contributed by atoms with Gasteiger partial charge in [0.2, 0.25) is 0 Å². The van der Waals surface area contributed by atoms with Gasteiger partial charge in [0.1, 0.15) is 17.1 Å². The number of benzene rings is 3. The number of nitrogens with zero attached hydrogens (tertiary/aromatic N) is 2. The SMILES string of the molecule is COc1ccc(C2(c3ccc(OC)cc3)CCCN(Cc3ccc(C(=O)N4CCC(NC(=O)OC(C)(C)C)CC4)cc3)C2)cc1. The molecule has 240 valence electrons. The molecule has 2 aliphatic heterocycles. The third-order valence-electron chi connectivity index (χ3n) is 8.97. The van der Waals surface area contributed by atoms with E-state index in [1.807, 2.05) is 37.8 Å². The summed E-state index contributed by atoms with van der Waals surface area (Å²) < 4.78 is 16.3. The summed E-state index contributed by atoms with van der Waals surface area (Å²) in [6.07, 6.45) is 3.15. The highest BCUT2D eigenvalue weighted by Crippen LogP contribution is 2.42. The molecule has 2 fully saturated rings. The van der Waals surface area contributed by atoms with Crippen LogP contribution in [0.15, 0.2) is 72.8 Å². The summed E-state index contributed by atoms with van der Waals surface area (Å²) in [4.78, 5) is 29.8. The number of likely N-dealkylation sites (tertiary alicyclic amines) is 2. The third-order valence-corrected chi connectivity index (χ3v) is 8.97. The standard InChI is InChI=1S/C37H47N3O5/c1-36(2,3)45-35(42)38-31-19-23-40(24-20-31)34(41)28-9-7-27(8-10-28)25-39-22-6-21-37(26-39,29-11-15-32(43-4)16-12-29)30-13-17-33(44-5)18-14-30/h7-18,31H,6,19-26H2,1-5H3,(H,38,42). The summed E-state index contributed by atoms with van der Waals surface area (Å²) in [5.41, 5.74) is 3.76. The molecule has 0 aliphatic carbocycles. The zero-order valence-electron chi connectivity index (χ0n) is 27.3. The second-order valence-electron chi connectivity index (χ2n) is 13.3. The van der Waals surface area contributed by atoms with E-state index in [4.69, 9.17) is 14.2 Å². The van der Waals surface area contributed by atoms with Gasteiger partial charge < -0.3 is 24.4 Å². The fourth-order valence-electron chi connectivity index (χ4n) is 6.63. The summed E-state index contributed by atoms with van der Waals surface area (Å²) in [5.74, 6) is 1.74. The van der Waals surface area contributed by atoms with Crippen LogP contribution in [-0.4, -0.2) is 73.8 Å². The van der Waals surface area contributed by atoms with E-state index in [0.29, 0.717) is 31.5 Å². The molecule has 0 spiro atoms. The minimum atomic E-state index is -0.531. The second kappa shape index (κ2) is 13.9. The number of alkyl carbamates (subject to hydrolysis) is 1. The quantitative estimate of drug-likeness (QED) is 0.316. The first-order valence-corrected chi connectivity index (χ1v) is 16.0. The van der Waals surface area contributed by atoms with Gasteiger partial charge in [0, 0.05) is 43.2 Å². The Morgan fingerprint density at radius 2 is 1.38 bits per heavy atom. The highest BCUT2D eigenvalue weighted by Gasteiger charge is 2.39. The van der Waals surface area contributed by atoms with Crippen LogP contribution in [0.25, 0.3) is 0 Å². The van der Waals surface area contributed by atoms with E-state index in [0.717, 1.165) is 44.0 Å². The van der Waals surface area contributed by atoms with Gasteiger partial charge in [-0.2, -0.15) is 0 Å². The minimum absolute atomic E-state index is 0.0127. The van der Waals surface area contributed by atoms with Crippen LogP contribution in [0, 0.1) is 0 Å². The van der Waals surface area contributed by atoms with E-state index in [1.165, 1.54) is 16.7 Å². The van der Waals surface area contributed by atoms with Crippen LogP contribution in [0.5, 0.6) is 11.5 Å². The number of amides is 2. The molecule has 0 atom stereocenters. The van der Waals surface area contributed by atoms with Crippen molar-refractivity contribution in [3.8, 4) is 11.5 Å². The van der Waals surface area contributed by atoms with E-state index >= 15 is 0 Å². The molecule has 8 nitrogen and oxygen atoms in total. The maximum atomic E-state index is 13.3. The van der Waals surface area contributed by atoms with Crippen molar-refractivity contribution in [2.24, 2.45) is 0 Å². The Labute approximate surface area is 267 Å². The number of nitrogens with one attached hydrogen (secondary N) is 1. The Bertz CT molecular complexity index is 1380. The number of ether oxygens (including phenoxy) is 3. The Morgan fingerprint density at radius 3 is 1.89 bits per heavy atom. The first-order valence-electron chi connectivity index (χ1n) is 16.0. The molecule has 8 heteroatoms. The summed E-state index contributed by atoms with van der Waals surface area (Å²) in [5, 5.41) is 2.94. The van der Waals surface area contributed by atoms with Gasteiger partial charge >= 0.3 is 6.09 Å². The largest absolute Gasteiger partial charge is 0.497 e. The molecule has 2 heterocycles. The fourth-order valence-corrected chi connectivity index (χ4v) is 6.63. The first kappa shape index (κ1) is 32.4. The number of carbonyl (C=O) groups is 2. The van der Waals surface area contributed by atoms with E-state index in [9.17, 15) is 9.59 Å². The van der Waals surface area contributed by atoms with Crippen LogP contribution >= 0.6 is 0 Å². The van der Waals surface area contributed by atoms with Crippen LogP contribution in [0.2, 0.25) is 0 Å². The maximum Gasteiger partial charge on any atom is 0.407 e. The van der Waals surface area contributed by atoms with Crippen molar-refractivity contribution in [3.05, 3.63) is 95.1 Å². The number of hydrogen-bond donors (Lipinski definition) is 1. The molecular weight excluding hydrogens is 566 g/mol. The predicted molar refractivity (Wildman–Crippen MR) is 176 cm³/mol. The Hall–Kier alpha value is -4.04. The monoisotopic (exact) mass is 613 g/mol. The summed E-state index contributed by atoms with van der Waals surface area (Å²) in [6.45, 7) is 9.48. The van der Waals surface area contributed by atoms with Gasteiger partial charge in [-0.05, 0) is 106 Å². The molecule has 5 rings (SSSR count). The molecule has 1 N–H and O–H groups in total. The Balaban J connectivity index is 1.23. The third kappa shape index (κ3) is 7.98. The second-order valence-corrected chi connectivity index (χ2v) is 13.3. The number of carbonyl (C=O) groups excluding carboxylic acids is 2. The van der Waals surface area contributed by atoms with Crippen molar-refractivity contribution in [3.63, 3.8) is 0 Å². The molecular formula is C37H47N3O5. The van der Waals surface area contributed by atoms with Gasteiger partial charge in [0.15, 0.2) is 0 Å². The van der Waals surface area contributed by atoms with Crippen molar-refractivity contribution in [2.75, 3.05) is 40.4 Å². The highest BCUT2D eigenvalue weighted by atomic mass is 16.6. The molecule has 2 amide bonds. The summed E-state index contributed by atoms with van der Waals surface area (Å²) in [7, 11) is 3.40. The molecule has 0 unspecified atom stereocenters. The first-order chi connectivity index (χ1) is 21.6. The van der Waals surface area contributed by atoms with Crippen LogP contribution < -0.4 is 14.8 Å². The van der Waals surface area contributed by atoms with Crippen molar-refractivity contribution < 1.29 is 23.8 Å². The Morgan fingerprint density at radius 1 is 0.822 bits per heavy atom. The summed E-state index contributed by atoms with van der Waals surface area (Å²) >= 11 is 0. The minimum Gasteiger partial charge on any atom is -0.497 e. The topological polar surface area (TPSA) is 80.3 Å². The molecule has 0 aromatic heterocycles. The maximum absolute atomic E-state index is 13.3. The lowest BCUT2D eigenvalue weighted by atomic mass is 9.69. The van der Waals surface area contributed by atoms with E-state index in [1.54, 1.807) is 14.2 Å². The Kier molecular flexibility index (Phi) is 10.0. The van der Waals surface area contributed by atoms with Crippen molar-refractivity contribution in [2.45, 2.75) is 70.1 Å². The van der Waals surface area contributed by atoms with Gasteiger partial charge in [-0.3, -0.25) is 9.69 Å². The van der Waals surface area contributed by atoms with Crippen LogP contribution in [0.1, 0.15) is 73.5 Å². The molecule has 0 saturated carbocycles. The lowest BCUT2D eigenvalue weighted by Crippen LogP contribution is -2.47. The van der Waals surface area contributed by atoms with E-state index in [2.05, 4.69) is 70.9 Å². The van der Waals surface area contributed by atoms with Gasteiger partial charge in [-0.1, -0.05) is 36.4 Å². The molecule has 2 saturated heterocycles. The average Bonchev–Trinajstić information content (AvgIpc) is 3.04. The predicted octanol–water partition coefficient (Wildman–Crippen LogP) is 6.42. The van der Waals surface area contributed by atoms with E-state index < -0.39 is 11.7 Å².